The fraction of sp³-hybridized carbons (Fsp3) is 0.391. The SMILES string of the molecule is CCCCOc1ccc(CNC(=S)NC(=O)c2cc(Br)ccc2OCCOC)cc1OC. The maximum Gasteiger partial charge on any atom is 0.261 e. The van der Waals surface area contributed by atoms with Crippen molar-refractivity contribution in [2.45, 2.75) is 26.3 Å². The van der Waals surface area contributed by atoms with E-state index in [1.54, 1.807) is 32.4 Å². The fourth-order valence-electron chi connectivity index (χ4n) is 2.71. The first-order chi connectivity index (χ1) is 15.5. The summed E-state index contributed by atoms with van der Waals surface area (Å²) >= 11 is 8.68. The summed E-state index contributed by atoms with van der Waals surface area (Å²) in [5.41, 5.74) is 1.31. The van der Waals surface area contributed by atoms with Crippen molar-refractivity contribution in [2.24, 2.45) is 0 Å². The highest BCUT2D eigenvalue weighted by Gasteiger charge is 2.15. The van der Waals surface area contributed by atoms with Crippen molar-refractivity contribution in [3.63, 3.8) is 0 Å². The second-order valence-electron chi connectivity index (χ2n) is 6.81. The molecule has 2 aromatic carbocycles. The molecule has 2 N–H and O–H groups in total. The van der Waals surface area contributed by atoms with Gasteiger partial charge in [0.2, 0.25) is 0 Å². The number of methoxy groups -OCH3 is 2. The minimum absolute atomic E-state index is 0.208. The normalized spacial score (nSPS) is 10.4. The summed E-state index contributed by atoms with van der Waals surface area (Å²) in [7, 11) is 3.19. The van der Waals surface area contributed by atoms with Crippen LogP contribution >= 0.6 is 28.1 Å². The highest BCUT2D eigenvalue weighted by Crippen LogP contribution is 2.28. The summed E-state index contributed by atoms with van der Waals surface area (Å²) in [4.78, 5) is 12.7. The molecule has 1 amide bonds. The van der Waals surface area contributed by atoms with Gasteiger partial charge in [-0.05, 0) is 54.5 Å². The molecule has 0 saturated heterocycles. The molecule has 7 nitrogen and oxygen atoms in total. The zero-order valence-corrected chi connectivity index (χ0v) is 20.9. The molecule has 9 heteroatoms. The standard InChI is InChI=1S/C23H29BrN2O5S/c1-4-5-10-30-20-8-6-16(13-21(20)29-3)15-25-23(32)26-22(27)18-14-17(24)7-9-19(18)31-12-11-28-2/h6-9,13-14H,4-5,10-12,15H2,1-3H3,(H2,25,26,27,32). The van der Waals surface area contributed by atoms with Crippen molar-refractivity contribution in [3.8, 4) is 17.2 Å². The van der Waals surface area contributed by atoms with E-state index < -0.39 is 0 Å². The summed E-state index contributed by atoms with van der Waals surface area (Å²) < 4.78 is 22.6. The van der Waals surface area contributed by atoms with Crippen LogP contribution in [0.25, 0.3) is 0 Å². The van der Waals surface area contributed by atoms with Gasteiger partial charge in [-0.1, -0.05) is 35.3 Å². The molecule has 0 aliphatic carbocycles. The largest absolute Gasteiger partial charge is 0.493 e. The average molecular weight is 525 g/mol. The second-order valence-corrected chi connectivity index (χ2v) is 8.13. The molecule has 32 heavy (non-hydrogen) atoms. The highest BCUT2D eigenvalue weighted by molar-refractivity contribution is 9.10. The van der Waals surface area contributed by atoms with Crippen LogP contribution in [0.2, 0.25) is 0 Å². The van der Waals surface area contributed by atoms with Crippen molar-refractivity contribution in [1.82, 2.24) is 10.6 Å². The molecule has 0 fully saturated rings. The van der Waals surface area contributed by atoms with E-state index in [-0.39, 0.29) is 11.0 Å². The number of benzene rings is 2. The minimum atomic E-state index is -0.367. The van der Waals surface area contributed by atoms with Crippen LogP contribution < -0.4 is 24.8 Å². The third-order valence-electron chi connectivity index (χ3n) is 4.39. The number of hydrogen-bond donors (Lipinski definition) is 2. The number of carbonyl (C=O) groups excluding carboxylic acids is 1. The van der Waals surface area contributed by atoms with Crippen molar-refractivity contribution in [3.05, 3.63) is 52.0 Å². The van der Waals surface area contributed by atoms with Gasteiger partial charge in [0.15, 0.2) is 16.6 Å². The smallest absolute Gasteiger partial charge is 0.261 e. The van der Waals surface area contributed by atoms with Crippen LogP contribution in [0, 0.1) is 0 Å². The van der Waals surface area contributed by atoms with Crippen LogP contribution in [0.3, 0.4) is 0 Å². The molecule has 0 saturated carbocycles. The zero-order valence-electron chi connectivity index (χ0n) is 18.5. The molecule has 0 heterocycles. The lowest BCUT2D eigenvalue weighted by molar-refractivity contribution is 0.0968. The molecule has 0 unspecified atom stereocenters. The first-order valence-electron chi connectivity index (χ1n) is 10.3. The van der Waals surface area contributed by atoms with Crippen molar-refractivity contribution in [1.29, 1.82) is 0 Å². The Balaban J connectivity index is 1.95. The summed E-state index contributed by atoms with van der Waals surface area (Å²) in [5, 5.41) is 5.94. The predicted molar refractivity (Wildman–Crippen MR) is 132 cm³/mol. The molecule has 0 spiro atoms. The summed E-state index contributed by atoms with van der Waals surface area (Å²) in [5.74, 6) is 1.45. The third-order valence-corrected chi connectivity index (χ3v) is 5.13. The molecule has 0 radical (unpaired) electrons. The lowest BCUT2D eigenvalue weighted by Gasteiger charge is -2.14. The second kappa shape index (κ2) is 13.9. The quantitative estimate of drug-likeness (QED) is 0.313. The van der Waals surface area contributed by atoms with Crippen LogP contribution in [0.4, 0.5) is 0 Å². The number of thiocarbonyl (C=S) groups is 1. The predicted octanol–water partition coefficient (Wildman–Crippen LogP) is 4.47. The lowest BCUT2D eigenvalue weighted by atomic mass is 10.2. The lowest BCUT2D eigenvalue weighted by Crippen LogP contribution is -2.39. The van der Waals surface area contributed by atoms with E-state index in [1.165, 1.54) is 0 Å². The minimum Gasteiger partial charge on any atom is -0.493 e. The maximum absolute atomic E-state index is 12.7. The Kier molecular flexibility index (Phi) is 11.3. The van der Waals surface area contributed by atoms with Gasteiger partial charge < -0.3 is 24.3 Å². The monoisotopic (exact) mass is 524 g/mol. The first-order valence-corrected chi connectivity index (χ1v) is 11.5. The van der Waals surface area contributed by atoms with Gasteiger partial charge in [0.05, 0.1) is 25.9 Å². The van der Waals surface area contributed by atoms with Crippen molar-refractivity contribution < 1.29 is 23.7 Å². The summed E-state index contributed by atoms with van der Waals surface area (Å²) in [6.45, 7) is 3.93. The molecule has 0 atom stereocenters. The van der Waals surface area contributed by atoms with E-state index in [9.17, 15) is 4.79 Å². The van der Waals surface area contributed by atoms with Gasteiger partial charge >= 0.3 is 0 Å². The molecule has 0 aliphatic rings. The Morgan fingerprint density at radius 1 is 1.00 bits per heavy atom. The van der Waals surface area contributed by atoms with Crippen LogP contribution in [0.15, 0.2) is 40.9 Å². The van der Waals surface area contributed by atoms with Crippen molar-refractivity contribution >= 4 is 39.2 Å². The van der Waals surface area contributed by atoms with E-state index >= 15 is 0 Å². The van der Waals surface area contributed by atoms with Gasteiger partial charge in [-0.3, -0.25) is 10.1 Å². The van der Waals surface area contributed by atoms with Gasteiger partial charge in [-0.2, -0.15) is 0 Å². The van der Waals surface area contributed by atoms with Crippen LogP contribution in [-0.4, -0.2) is 45.1 Å². The molecular formula is C23H29BrN2O5S. The van der Waals surface area contributed by atoms with Crippen LogP contribution in [-0.2, 0) is 11.3 Å². The highest BCUT2D eigenvalue weighted by atomic mass is 79.9. The number of amides is 1. The van der Waals surface area contributed by atoms with Gasteiger partial charge in [0, 0.05) is 18.1 Å². The number of ether oxygens (including phenoxy) is 4. The molecule has 2 aromatic rings. The Bertz CT molecular complexity index is 910. The van der Waals surface area contributed by atoms with E-state index in [1.807, 2.05) is 18.2 Å². The number of halogens is 1. The number of nitrogens with one attached hydrogen (secondary N) is 2. The fourth-order valence-corrected chi connectivity index (χ4v) is 3.23. The first kappa shape index (κ1) is 25.9. The Morgan fingerprint density at radius 3 is 2.47 bits per heavy atom. The van der Waals surface area contributed by atoms with Gasteiger partial charge in [0.1, 0.15) is 12.4 Å². The molecule has 2 rings (SSSR count). The van der Waals surface area contributed by atoms with E-state index in [0.29, 0.717) is 49.2 Å². The Morgan fingerprint density at radius 2 is 1.75 bits per heavy atom. The van der Waals surface area contributed by atoms with E-state index in [2.05, 4.69) is 33.5 Å². The molecular weight excluding hydrogens is 496 g/mol. The number of rotatable bonds is 12. The van der Waals surface area contributed by atoms with E-state index in [4.69, 9.17) is 31.2 Å². The van der Waals surface area contributed by atoms with Crippen LogP contribution in [0.1, 0.15) is 35.7 Å². The van der Waals surface area contributed by atoms with Crippen molar-refractivity contribution in [2.75, 3.05) is 34.0 Å². The summed E-state index contributed by atoms with van der Waals surface area (Å²) in [6.07, 6.45) is 2.05. The van der Waals surface area contributed by atoms with Gasteiger partial charge in [0.25, 0.3) is 5.91 Å². The summed E-state index contributed by atoms with van der Waals surface area (Å²) in [6, 6.07) is 10.9. The molecule has 174 valence electrons. The Hall–Kier alpha value is -2.36. The number of hydrogen-bond acceptors (Lipinski definition) is 6. The third kappa shape index (κ3) is 8.29. The topological polar surface area (TPSA) is 78.1 Å². The van der Waals surface area contributed by atoms with Gasteiger partial charge in [-0.25, -0.2) is 0 Å². The number of unbranched alkanes of at least 4 members (excludes halogenated alkanes) is 1. The maximum atomic E-state index is 12.7. The van der Waals surface area contributed by atoms with Gasteiger partial charge in [-0.15, -0.1) is 0 Å². The number of carbonyl (C=O) groups is 1. The molecule has 0 aliphatic heterocycles. The van der Waals surface area contributed by atoms with Crippen LogP contribution in [0.5, 0.6) is 17.2 Å². The average Bonchev–Trinajstić information content (AvgIpc) is 2.79. The Labute approximate surface area is 202 Å². The molecule has 0 bridgehead atoms. The zero-order chi connectivity index (χ0) is 23.3. The molecule has 0 aromatic heterocycles. The van der Waals surface area contributed by atoms with E-state index in [0.717, 1.165) is 22.9 Å².